The van der Waals surface area contributed by atoms with Crippen molar-refractivity contribution in [1.29, 1.82) is 0 Å². The summed E-state index contributed by atoms with van der Waals surface area (Å²) >= 11 is 0. The zero-order chi connectivity index (χ0) is 11.7. The molecule has 0 radical (unpaired) electrons. The Kier molecular flexibility index (Phi) is 7.68. The zero-order valence-electron chi connectivity index (χ0n) is 9.84. The summed E-state index contributed by atoms with van der Waals surface area (Å²) in [6, 6.07) is -0.0944. The van der Waals surface area contributed by atoms with Gasteiger partial charge in [0.15, 0.2) is 0 Å². The van der Waals surface area contributed by atoms with Crippen LogP contribution in [-0.4, -0.2) is 24.5 Å². The van der Waals surface area contributed by atoms with Gasteiger partial charge < -0.3 is 10.1 Å². The molecule has 4 nitrogen and oxygen atoms in total. The molecular weight excluding hydrogens is 194 g/mol. The van der Waals surface area contributed by atoms with Crippen LogP contribution in [0.5, 0.6) is 0 Å². The predicted octanol–water partition coefficient (Wildman–Crippen LogP) is 1.63. The topological polar surface area (TPSA) is 55.4 Å². The number of carbonyl (C=O) groups excluding carboxylic acids is 2. The van der Waals surface area contributed by atoms with Crippen LogP contribution in [0.3, 0.4) is 0 Å². The van der Waals surface area contributed by atoms with Gasteiger partial charge in [-0.3, -0.25) is 9.59 Å². The normalized spacial score (nSPS) is 11.9. The number of amides is 1. The molecule has 4 heteroatoms. The second-order valence-corrected chi connectivity index (χ2v) is 3.43. The summed E-state index contributed by atoms with van der Waals surface area (Å²) in [6.07, 6.45) is 2.34. The minimum atomic E-state index is -0.249. The molecule has 0 aliphatic heterocycles. The van der Waals surface area contributed by atoms with Crippen molar-refractivity contribution in [3.8, 4) is 0 Å². The third-order valence-corrected chi connectivity index (χ3v) is 2.05. The molecule has 88 valence electrons. The van der Waals surface area contributed by atoms with Crippen molar-refractivity contribution in [1.82, 2.24) is 5.32 Å². The van der Waals surface area contributed by atoms with Crippen LogP contribution < -0.4 is 5.32 Å². The van der Waals surface area contributed by atoms with Crippen LogP contribution in [0.25, 0.3) is 0 Å². The molecule has 0 unspecified atom stereocenters. The van der Waals surface area contributed by atoms with Gasteiger partial charge in [-0.2, -0.15) is 0 Å². The largest absolute Gasteiger partial charge is 0.466 e. The van der Waals surface area contributed by atoms with Crippen molar-refractivity contribution in [2.75, 3.05) is 6.61 Å². The highest BCUT2D eigenvalue weighted by atomic mass is 16.5. The van der Waals surface area contributed by atoms with Gasteiger partial charge in [-0.1, -0.05) is 13.8 Å². The van der Waals surface area contributed by atoms with Gasteiger partial charge in [0.25, 0.3) is 0 Å². The Morgan fingerprint density at radius 1 is 1.27 bits per heavy atom. The smallest absolute Gasteiger partial charge is 0.307 e. The highest BCUT2D eigenvalue weighted by molar-refractivity contribution is 5.77. The van der Waals surface area contributed by atoms with Crippen molar-refractivity contribution >= 4 is 11.9 Å². The highest BCUT2D eigenvalue weighted by Crippen LogP contribution is 2.01. The van der Waals surface area contributed by atoms with Gasteiger partial charge >= 0.3 is 5.97 Å². The maximum Gasteiger partial charge on any atom is 0.307 e. The molecule has 0 aliphatic carbocycles. The standard InChI is InChI=1S/C11H21NO3/c1-4-7-10(13)12-9(5-2)8-11(14)15-6-3/h9H,4-8H2,1-3H3,(H,12,13)/t9-/m0/s1. The maximum absolute atomic E-state index is 11.3. The van der Waals surface area contributed by atoms with E-state index in [2.05, 4.69) is 5.32 Å². The summed E-state index contributed by atoms with van der Waals surface area (Å²) in [7, 11) is 0. The SMILES string of the molecule is CCCC(=O)N[C@@H](CC)CC(=O)OCC. The van der Waals surface area contributed by atoms with Crippen LogP contribution in [0.1, 0.15) is 46.5 Å². The van der Waals surface area contributed by atoms with Crippen LogP contribution in [0.4, 0.5) is 0 Å². The number of hydrogen-bond donors (Lipinski definition) is 1. The molecule has 0 spiro atoms. The van der Waals surface area contributed by atoms with Crippen LogP contribution in [0.15, 0.2) is 0 Å². The molecule has 15 heavy (non-hydrogen) atoms. The molecule has 0 aliphatic rings. The molecule has 0 aromatic heterocycles. The lowest BCUT2D eigenvalue weighted by molar-refractivity contribution is -0.143. The van der Waals surface area contributed by atoms with Crippen LogP contribution in [0.2, 0.25) is 0 Å². The quantitative estimate of drug-likeness (QED) is 0.657. The molecule has 1 atom stereocenters. The third kappa shape index (κ3) is 6.94. The minimum Gasteiger partial charge on any atom is -0.466 e. The van der Waals surface area contributed by atoms with Gasteiger partial charge in [0, 0.05) is 12.5 Å². The second-order valence-electron chi connectivity index (χ2n) is 3.43. The van der Waals surface area contributed by atoms with Gasteiger partial charge in [-0.05, 0) is 19.8 Å². The number of hydrogen-bond acceptors (Lipinski definition) is 3. The Morgan fingerprint density at radius 3 is 2.40 bits per heavy atom. The van der Waals surface area contributed by atoms with Crippen LogP contribution >= 0.6 is 0 Å². The molecule has 0 saturated carbocycles. The summed E-state index contributed by atoms with van der Waals surface area (Å²) in [5.74, 6) is -0.241. The molecular formula is C11H21NO3. The first kappa shape index (κ1) is 13.9. The molecule has 1 N–H and O–H groups in total. The van der Waals surface area contributed by atoms with E-state index in [1.165, 1.54) is 0 Å². The number of esters is 1. The van der Waals surface area contributed by atoms with E-state index in [9.17, 15) is 9.59 Å². The average molecular weight is 215 g/mol. The number of carbonyl (C=O) groups is 2. The van der Waals surface area contributed by atoms with Gasteiger partial charge in [0.1, 0.15) is 0 Å². The lowest BCUT2D eigenvalue weighted by atomic mass is 10.1. The van der Waals surface area contributed by atoms with Crippen molar-refractivity contribution < 1.29 is 14.3 Å². The first-order valence-corrected chi connectivity index (χ1v) is 5.58. The fourth-order valence-corrected chi connectivity index (χ4v) is 1.25. The zero-order valence-corrected chi connectivity index (χ0v) is 9.84. The van der Waals surface area contributed by atoms with Crippen LogP contribution in [0, 0.1) is 0 Å². The van der Waals surface area contributed by atoms with Crippen molar-refractivity contribution in [3.63, 3.8) is 0 Å². The fourth-order valence-electron chi connectivity index (χ4n) is 1.25. The monoisotopic (exact) mass is 215 g/mol. The number of ether oxygens (including phenoxy) is 1. The van der Waals surface area contributed by atoms with E-state index in [0.717, 1.165) is 12.8 Å². The summed E-state index contributed by atoms with van der Waals surface area (Å²) in [4.78, 5) is 22.5. The van der Waals surface area contributed by atoms with Gasteiger partial charge in [-0.25, -0.2) is 0 Å². The van der Waals surface area contributed by atoms with Crippen LogP contribution in [-0.2, 0) is 14.3 Å². The van der Waals surface area contributed by atoms with Gasteiger partial charge in [0.05, 0.1) is 13.0 Å². The minimum absolute atomic E-state index is 0.00801. The van der Waals surface area contributed by atoms with Gasteiger partial charge in [0.2, 0.25) is 5.91 Å². The Hall–Kier alpha value is -1.06. The lowest BCUT2D eigenvalue weighted by Crippen LogP contribution is -2.36. The summed E-state index contributed by atoms with van der Waals surface area (Å²) in [5.41, 5.74) is 0. The molecule has 0 fully saturated rings. The fraction of sp³-hybridized carbons (Fsp3) is 0.818. The third-order valence-electron chi connectivity index (χ3n) is 2.05. The van der Waals surface area contributed by atoms with Crippen molar-refractivity contribution in [3.05, 3.63) is 0 Å². The number of nitrogens with one attached hydrogen (secondary N) is 1. The molecule has 0 aromatic rings. The van der Waals surface area contributed by atoms with Gasteiger partial charge in [-0.15, -0.1) is 0 Å². The van der Waals surface area contributed by atoms with E-state index < -0.39 is 0 Å². The summed E-state index contributed by atoms with van der Waals surface area (Å²) < 4.78 is 4.83. The molecule has 0 aromatic carbocycles. The predicted molar refractivity (Wildman–Crippen MR) is 58.4 cm³/mol. The second kappa shape index (κ2) is 8.26. The van der Waals surface area contributed by atoms with E-state index in [1.54, 1.807) is 6.92 Å². The first-order valence-electron chi connectivity index (χ1n) is 5.58. The Balaban J connectivity index is 3.91. The van der Waals surface area contributed by atoms with Crippen molar-refractivity contribution in [2.45, 2.75) is 52.5 Å². The van der Waals surface area contributed by atoms with E-state index in [1.807, 2.05) is 13.8 Å². The summed E-state index contributed by atoms with van der Waals surface area (Å²) in [5, 5.41) is 2.82. The maximum atomic E-state index is 11.3. The van der Waals surface area contributed by atoms with E-state index in [4.69, 9.17) is 4.74 Å². The van der Waals surface area contributed by atoms with E-state index in [0.29, 0.717) is 13.0 Å². The lowest BCUT2D eigenvalue weighted by Gasteiger charge is -2.15. The Bertz CT molecular complexity index is 184. The molecule has 0 bridgehead atoms. The summed E-state index contributed by atoms with van der Waals surface area (Å²) in [6.45, 7) is 6.05. The molecule has 1 amide bonds. The molecule has 0 heterocycles. The van der Waals surface area contributed by atoms with E-state index in [-0.39, 0.29) is 24.3 Å². The average Bonchev–Trinajstić information content (AvgIpc) is 2.17. The molecule has 0 rings (SSSR count). The number of rotatable bonds is 7. The van der Waals surface area contributed by atoms with Crippen molar-refractivity contribution in [2.24, 2.45) is 0 Å². The highest BCUT2D eigenvalue weighted by Gasteiger charge is 2.14. The Labute approximate surface area is 91.4 Å². The molecule has 0 saturated heterocycles. The first-order chi connectivity index (χ1) is 7.13. The Morgan fingerprint density at radius 2 is 1.93 bits per heavy atom. The van der Waals surface area contributed by atoms with E-state index >= 15 is 0 Å².